The molecule has 4 rings (SSSR count). The molecule has 0 saturated heterocycles. The summed E-state index contributed by atoms with van der Waals surface area (Å²) in [7, 11) is 0. The number of nitrogens with zero attached hydrogens (tertiary/aromatic N) is 4. The SMILES string of the molecule is O=C(CCn1nc(C(F)(F)F)c(Cl)c1C1CC1)Nc1nn(Cc2ccc(F)cc2)cc1Cl. The van der Waals surface area contributed by atoms with Crippen LogP contribution in [0.25, 0.3) is 0 Å². The van der Waals surface area contributed by atoms with Gasteiger partial charge in [-0.15, -0.1) is 0 Å². The van der Waals surface area contributed by atoms with Crippen LogP contribution >= 0.6 is 23.2 Å². The second-order valence-electron chi connectivity index (χ2n) is 7.49. The zero-order valence-electron chi connectivity index (χ0n) is 16.5. The molecule has 1 aromatic carbocycles. The standard InChI is InChI=1S/C20H17Cl2F4N5O/c21-14-10-30(9-11-1-5-13(23)6-2-11)29-19(14)27-15(32)7-8-31-17(12-3-4-12)16(22)18(28-31)20(24,25)26/h1-2,5-6,10,12H,3-4,7-9H2,(H,27,29,32). The van der Waals surface area contributed by atoms with Crippen LogP contribution in [0, 0.1) is 5.82 Å². The summed E-state index contributed by atoms with van der Waals surface area (Å²) in [5.74, 6) is -0.798. The fourth-order valence-corrected chi connectivity index (χ4v) is 3.89. The van der Waals surface area contributed by atoms with Crippen molar-refractivity contribution in [1.82, 2.24) is 19.6 Å². The number of carbonyl (C=O) groups is 1. The molecule has 6 nitrogen and oxygen atoms in total. The highest BCUT2D eigenvalue weighted by molar-refractivity contribution is 6.33. The Morgan fingerprint density at radius 2 is 1.84 bits per heavy atom. The molecule has 1 N–H and O–H groups in total. The Hall–Kier alpha value is -2.59. The van der Waals surface area contributed by atoms with E-state index >= 15 is 0 Å². The van der Waals surface area contributed by atoms with Crippen molar-refractivity contribution in [1.29, 1.82) is 0 Å². The zero-order valence-corrected chi connectivity index (χ0v) is 18.0. The van der Waals surface area contributed by atoms with Gasteiger partial charge in [-0.05, 0) is 30.5 Å². The Morgan fingerprint density at radius 1 is 1.16 bits per heavy atom. The molecule has 3 aromatic rings. The molecule has 1 aliphatic carbocycles. The Labute approximate surface area is 190 Å². The minimum Gasteiger partial charge on any atom is -0.308 e. The molecule has 12 heteroatoms. The van der Waals surface area contributed by atoms with Gasteiger partial charge in [-0.1, -0.05) is 35.3 Å². The Bertz CT molecular complexity index is 1140. The van der Waals surface area contributed by atoms with Gasteiger partial charge >= 0.3 is 6.18 Å². The van der Waals surface area contributed by atoms with E-state index in [2.05, 4.69) is 15.5 Å². The molecule has 0 bridgehead atoms. The highest BCUT2D eigenvalue weighted by Gasteiger charge is 2.42. The summed E-state index contributed by atoms with van der Waals surface area (Å²) in [4.78, 5) is 12.4. The highest BCUT2D eigenvalue weighted by Crippen LogP contribution is 2.46. The second-order valence-corrected chi connectivity index (χ2v) is 8.28. The van der Waals surface area contributed by atoms with Crippen molar-refractivity contribution in [3.05, 3.63) is 63.3 Å². The molecule has 1 fully saturated rings. The summed E-state index contributed by atoms with van der Waals surface area (Å²) in [6, 6.07) is 5.85. The summed E-state index contributed by atoms with van der Waals surface area (Å²) < 4.78 is 55.1. The second kappa shape index (κ2) is 8.74. The van der Waals surface area contributed by atoms with Crippen LogP contribution in [-0.4, -0.2) is 25.5 Å². The van der Waals surface area contributed by atoms with Crippen LogP contribution in [0.15, 0.2) is 30.5 Å². The van der Waals surface area contributed by atoms with Gasteiger partial charge in [-0.25, -0.2) is 4.39 Å². The molecule has 0 radical (unpaired) electrons. The van der Waals surface area contributed by atoms with Gasteiger partial charge in [0.15, 0.2) is 11.5 Å². The minimum atomic E-state index is -4.67. The number of hydrogen-bond donors (Lipinski definition) is 1. The van der Waals surface area contributed by atoms with Crippen LogP contribution in [0.1, 0.15) is 42.1 Å². The number of aromatic nitrogens is 4. The topological polar surface area (TPSA) is 64.7 Å². The molecule has 0 spiro atoms. The summed E-state index contributed by atoms with van der Waals surface area (Å²) in [5, 5.41) is 10.1. The van der Waals surface area contributed by atoms with Crippen molar-refractivity contribution in [2.24, 2.45) is 0 Å². The van der Waals surface area contributed by atoms with Crippen LogP contribution in [0.3, 0.4) is 0 Å². The molecule has 0 aliphatic heterocycles. The largest absolute Gasteiger partial charge is 0.436 e. The molecule has 2 heterocycles. The maximum Gasteiger partial charge on any atom is 0.436 e. The lowest BCUT2D eigenvalue weighted by Crippen LogP contribution is -2.17. The van der Waals surface area contributed by atoms with Crippen LogP contribution in [0.4, 0.5) is 23.4 Å². The van der Waals surface area contributed by atoms with Gasteiger partial charge < -0.3 is 5.32 Å². The zero-order chi connectivity index (χ0) is 23.0. The van der Waals surface area contributed by atoms with E-state index in [1.54, 1.807) is 12.1 Å². The van der Waals surface area contributed by atoms with E-state index in [1.807, 2.05) is 0 Å². The van der Waals surface area contributed by atoms with Crippen molar-refractivity contribution in [3.8, 4) is 0 Å². The van der Waals surface area contributed by atoms with Gasteiger partial charge in [0.05, 0.1) is 23.8 Å². The first-order valence-corrected chi connectivity index (χ1v) is 10.5. The Kier molecular flexibility index (Phi) is 6.17. The van der Waals surface area contributed by atoms with Crippen molar-refractivity contribution in [2.45, 2.75) is 44.4 Å². The van der Waals surface area contributed by atoms with Gasteiger partial charge in [0, 0.05) is 18.5 Å². The lowest BCUT2D eigenvalue weighted by atomic mass is 10.2. The number of aryl methyl sites for hydroxylation is 1. The molecule has 1 aliphatic rings. The monoisotopic (exact) mass is 489 g/mol. The van der Waals surface area contributed by atoms with E-state index in [-0.39, 0.29) is 35.5 Å². The number of halogens is 6. The van der Waals surface area contributed by atoms with Gasteiger partial charge in [0.25, 0.3) is 0 Å². The maximum atomic E-state index is 13.2. The average Bonchev–Trinajstić information content (AvgIpc) is 3.41. The highest BCUT2D eigenvalue weighted by atomic mass is 35.5. The molecular formula is C20H17Cl2F4N5O. The lowest BCUT2D eigenvalue weighted by molar-refractivity contribution is -0.141. The third-order valence-electron chi connectivity index (χ3n) is 4.95. The molecule has 0 unspecified atom stereocenters. The number of carbonyl (C=O) groups excluding carboxylic acids is 1. The first kappa shape index (κ1) is 22.6. The molecule has 170 valence electrons. The minimum absolute atomic E-state index is 0.0681. The molecule has 2 aromatic heterocycles. The average molecular weight is 490 g/mol. The van der Waals surface area contributed by atoms with E-state index in [0.29, 0.717) is 12.2 Å². The van der Waals surface area contributed by atoms with Crippen LogP contribution in [0.5, 0.6) is 0 Å². The molecule has 1 amide bonds. The number of benzene rings is 1. The Morgan fingerprint density at radius 3 is 2.47 bits per heavy atom. The fourth-order valence-electron chi connectivity index (χ4n) is 3.29. The summed E-state index contributed by atoms with van der Waals surface area (Å²) in [6.07, 6.45) is -1.84. The quantitative estimate of drug-likeness (QED) is 0.445. The predicted molar refractivity (Wildman–Crippen MR) is 110 cm³/mol. The van der Waals surface area contributed by atoms with E-state index in [0.717, 1.165) is 23.1 Å². The normalized spacial score (nSPS) is 14.1. The first-order chi connectivity index (χ1) is 15.1. The number of nitrogens with one attached hydrogen (secondary N) is 1. The Balaban J connectivity index is 1.41. The van der Waals surface area contributed by atoms with Gasteiger partial charge in [0.1, 0.15) is 10.8 Å². The molecule has 1 saturated carbocycles. The molecule has 32 heavy (non-hydrogen) atoms. The third kappa shape index (κ3) is 5.07. The van der Waals surface area contributed by atoms with E-state index in [9.17, 15) is 22.4 Å². The summed E-state index contributed by atoms with van der Waals surface area (Å²) in [5.41, 5.74) is -0.0375. The van der Waals surface area contributed by atoms with Crippen molar-refractivity contribution in [3.63, 3.8) is 0 Å². The summed E-state index contributed by atoms with van der Waals surface area (Å²) >= 11 is 12.1. The smallest absolute Gasteiger partial charge is 0.308 e. The number of amides is 1. The lowest BCUT2D eigenvalue weighted by Gasteiger charge is -2.07. The predicted octanol–water partition coefficient (Wildman–Crippen LogP) is 5.50. The van der Waals surface area contributed by atoms with Gasteiger partial charge in [0.2, 0.25) is 5.91 Å². The fraction of sp³-hybridized carbons (Fsp3) is 0.350. The number of hydrogen-bond acceptors (Lipinski definition) is 3. The van der Waals surface area contributed by atoms with Crippen LogP contribution in [-0.2, 0) is 24.1 Å². The first-order valence-electron chi connectivity index (χ1n) is 9.72. The van der Waals surface area contributed by atoms with E-state index in [1.165, 1.54) is 23.0 Å². The third-order valence-corrected chi connectivity index (χ3v) is 5.60. The molecular weight excluding hydrogens is 473 g/mol. The van der Waals surface area contributed by atoms with Crippen LogP contribution in [0.2, 0.25) is 10.0 Å². The number of anilines is 1. The van der Waals surface area contributed by atoms with Crippen LogP contribution < -0.4 is 5.32 Å². The van der Waals surface area contributed by atoms with Gasteiger partial charge in [-0.3, -0.25) is 14.2 Å². The van der Waals surface area contributed by atoms with Crippen molar-refractivity contribution < 1.29 is 22.4 Å². The van der Waals surface area contributed by atoms with E-state index in [4.69, 9.17) is 23.2 Å². The van der Waals surface area contributed by atoms with Crippen molar-refractivity contribution in [2.75, 3.05) is 5.32 Å². The number of alkyl halides is 3. The summed E-state index contributed by atoms with van der Waals surface area (Å²) in [6.45, 7) is 0.244. The maximum absolute atomic E-state index is 13.2. The molecule has 0 atom stereocenters. The number of rotatable bonds is 7. The van der Waals surface area contributed by atoms with Gasteiger partial charge in [-0.2, -0.15) is 23.4 Å². The van der Waals surface area contributed by atoms with E-state index < -0.39 is 22.8 Å². The van der Waals surface area contributed by atoms with Crippen molar-refractivity contribution >= 4 is 34.9 Å².